The van der Waals surface area contributed by atoms with Gasteiger partial charge in [-0.2, -0.15) is 0 Å². The fourth-order valence-electron chi connectivity index (χ4n) is 2.04. The number of thiocarbonyl (C=S) groups is 1. The van der Waals surface area contributed by atoms with Gasteiger partial charge in [-0.15, -0.1) is 0 Å². The lowest BCUT2D eigenvalue weighted by Crippen LogP contribution is -2.39. The normalized spacial score (nSPS) is 10.1. The van der Waals surface area contributed by atoms with E-state index in [4.69, 9.17) is 28.6 Å². The summed E-state index contributed by atoms with van der Waals surface area (Å²) in [6.45, 7) is 3.11. The van der Waals surface area contributed by atoms with E-state index in [-0.39, 0.29) is 5.91 Å². The number of ether oxygens (including phenoxy) is 1. The van der Waals surface area contributed by atoms with Crippen LogP contribution in [0.1, 0.15) is 22.3 Å². The first-order chi connectivity index (χ1) is 11.6. The van der Waals surface area contributed by atoms with Crippen LogP contribution in [0.5, 0.6) is 5.75 Å². The van der Waals surface area contributed by atoms with Gasteiger partial charge in [0, 0.05) is 17.1 Å². The van der Waals surface area contributed by atoms with Crippen LogP contribution in [0, 0.1) is 6.92 Å². The van der Waals surface area contributed by atoms with Crippen molar-refractivity contribution in [2.45, 2.75) is 13.3 Å². The van der Waals surface area contributed by atoms with E-state index >= 15 is 0 Å². The van der Waals surface area contributed by atoms with E-state index in [9.17, 15) is 4.79 Å². The van der Waals surface area contributed by atoms with Gasteiger partial charge >= 0.3 is 0 Å². The highest BCUT2D eigenvalue weighted by Crippen LogP contribution is 2.21. The average Bonchev–Trinajstić information content (AvgIpc) is 2.57. The molecule has 1 amide bonds. The predicted molar refractivity (Wildman–Crippen MR) is 101 cm³/mol. The first-order valence-corrected chi connectivity index (χ1v) is 8.38. The molecule has 0 saturated heterocycles. The summed E-state index contributed by atoms with van der Waals surface area (Å²) in [7, 11) is 0. The Morgan fingerprint density at radius 1 is 1.21 bits per heavy atom. The smallest absolute Gasteiger partial charge is 0.257 e. The summed E-state index contributed by atoms with van der Waals surface area (Å²) in [6.07, 6.45) is 0.753. The van der Waals surface area contributed by atoms with Crippen molar-refractivity contribution < 1.29 is 9.53 Å². The van der Waals surface area contributed by atoms with Gasteiger partial charge in [0.05, 0.1) is 6.61 Å². The molecule has 0 atom stereocenters. The van der Waals surface area contributed by atoms with E-state index < -0.39 is 0 Å². The third-order valence-electron chi connectivity index (χ3n) is 3.26. The molecule has 0 unspecified atom stereocenters. The third kappa shape index (κ3) is 5.83. The van der Waals surface area contributed by atoms with Crippen LogP contribution in [-0.4, -0.2) is 24.2 Å². The zero-order valence-corrected chi connectivity index (χ0v) is 14.9. The number of aryl methyl sites for hydroxylation is 1. The van der Waals surface area contributed by atoms with Crippen molar-refractivity contribution >= 4 is 34.8 Å². The Kier molecular flexibility index (Phi) is 7.03. The molecule has 24 heavy (non-hydrogen) atoms. The van der Waals surface area contributed by atoms with Crippen molar-refractivity contribution in [2.75, 3.05) is 13.2 Å². The van der Waals surface area contributed by atoms with Crippen LogP contribution < -0.4 is 15.4 Å². The number of hydrogen-bond acceptors (Lipinski definition) is 3. The molecule has 0 aromatic heterocycles. The summed E-state index contributed by atoms with van der Waals surface area (Å²) in [6, 6.07) is 14.5. The second-order valence-electron chi connectivity index (χ2n) is 5.19. The maximum atomic E-state index is 11.9. The lowest BCUT2D eigenvalue weighted by Gasteiger charge is -2.11. The minimum Gasteiger partial charge on any atom is -0.493 e. The number of hydrogen-bond donors (Lipinski definition) is 2. The summed E-state index contributed by atoms with van der Waals surface area (Å²) < 4.78 is 5.69. The minimum absolute atomic E-state index is 0.221. The molecule has 0 heterocycles. The van der Waals surface area contributed by atoms with Crippen molar-refractivity contribution in [2.24, 2.45) is 0 Å². The Labute approximate surface area is 152 Å². The molecular formula is C18H19ClN2O2S. The molecule has 0 spiro atoms. The van der Waals surface area contributed by atoms with Crippen molar-refractivity contribution in [3.05, 3.63) is 64.7 Å². The Morgan fingerprint density at radius 2 is 1.96 bits per heavy atom. The summed E-state index contributed by atoms with van der Waals surface area (Å²) >= 11 is 11.0. The van der Waals surface area contributed by atoms with Crippen LogP contribution in [0.4, 0.5) is 0 Å². The highest BCUT2D eigenvalue weighted by atomic mass is 35.5. The monoisotopic (exact) mass is 362 g/mol. The van der Waals surface area contributed by atoms with Crippen molar-refractivity contribution in [1.29, 1.82) is 0 Å². The van der Waals surface area contributed by atoms with Crippen LogP contribution in [0.2, 0.25) is 5.02 Å². The van der Waals surface area contributed by atoms with Crippen LogP contribution in [0.15, 0.2) is 48.5 Å². The molecule has 0 fully saturated rings. The Hall–Kier alpha value is -2.11. The number of halogens is 1. The average molecular weight is 363 g/mol. The summed E-state index contributed by atoms with van der Waals surface area (Å²) in [5.41, 5.74) is 1.57. The SMILES string of the molecule is Cc1cc(Cl)ccc1OCCCNC(=S)NC(=O)c1ccccc1. The molecule has 2 aromatic carbocycles. The molecule has 2 rings (SSSR count). The molecule has 6 heteroatoms. The lowest BCUT2D eigenvalue weighted by molar-refractivity contribution is 0.0976. The topological polar surface area (TPSA) is 50.4 Å². The molecule has 0 aliphatic heterocycles. The maximum Gasteiger partial charge on any atom is 0.257 e. The predicted octanol–water partition coefficient (Wildman–Crippen LogP) is 3.72. The first kappa shape index (κ1) is 18.2. The minimum atomic E-state index is -0.221. The zero-order valence-electron chi connectivity index (χ0n) is 13.3. The van der Waals surface area contributed by atoms with E-state index in [0.29, 0.717) is 28.9 Å². The first-order valence-electron chi connectivity index (χ1n) is 7.59. The molecule has 2 aromatic rings. The van der Waals surface area contributed by atoms with Gasteiger partial charge < -0.3 is 10.1 Å². The standard InChI is InChI=1S/C18H19ClN2O2S/c1-13-12-15(19)8-9-16(13)23-11-5-10-20-18(24)21-17(22)14-6-3-2-4-7-14/h2-4,6-9,12H,5,10-11H2,1H3,(H2,20,21,22,24). The highest BCUT2D eigenvalue weighted by molar-refractivity contribution is 7.80. The summed E-state index contributed by atoms with van der Waals surface area (Å²) in [5.74, 6) is 0.598. The van der Waals surface area contributed by atoms with Gasteiger partial charge in [-0.3, -0.25) is 10.1 Å². The molecule has 0 aliphatic carbocycles. The van der Waals surface area contributed by atoms with Gasteiger partial charge in [-0.25, -0.2) is 0 Å². The molecular weight excluding hydrogens is 344 g/mol. The highest BCUT2D eigenvalue weighted by Gasteiger charge is 2.06. The van der Waals surface area contributed by atoms with Gasteiger partial charge in [0.1, 0.15) is 5.75 Å². The molecule has 4 nitrogen and oxygen atoms in total. The molecule has 126 valence electrons. The number of rotatable bonds is 6. The van der Waals surface area contributed by atoms with Crippen molar-refractivity contribution in [3.63, 3.8) is 0 Å². The van der Waals surface area contributed by atoms with Crippen LogP contribution in [-0.2, 0) is 0 Å². The largest absolute Gasteiger partial charge is 0.493 e. The fourth-order valence-corrected chi connectivity index (χ4v) is 2.46. The van der Waals surface area contributed by atoms with Gasteiger partial charge in [-0.1, -0.05) is 29.8 Å². The molecule has 2 N–H and O–H groups in total. The summed E-state index contributed by atoms with van der Waals surface area (Å²) in [5, 5.41) is 6.64. The van der Waals surface area contributed by atoms with E-state index in [1.165, 1.54) is 0 Å². The van der Waals surface area contributed by atoms with E-state index in [2.05, 4.69) is 10.6 Å². The van der Waals surface area contributed by atoms with Gasteiger partial charge in [-0.05, 0) is 61.5 Å². The number of carbonyl (C=O) groups is 1. The Morgan fingerprint density at radius 3 is 2.67 bits per heavy atom. The van der Waals surface area contributed by atoms with Crippen LogP contribution >= 0.6 is 23.8 Å². The lowest BCUT2D eigenvalue weighted by atomic mass is 10.2. The number of amides is 1. The number of benzene rings is 2. The second kappa shape index (κ2) is 9.25. The zero-order chi connectivity index (χ0) is 17.4. The molecule has 0 radical (unpaired) electrons. The molecule has 0 saturated carbocycles. The Balaban J connectivity index is 1.65. The van der Waals surface area contributed by atoms with Crippen molar-refractivity contribution in [3.8, 4) is 5.75 Å². The van der Waals surface area contributed by atoms with E-state index in [0.717, 1.165) is 17.7 Å². The number of nitrogens with one attached hydrogen (secondary N) is 2. The molecule has 0 aliphatic rings. The van der Waals surface area contributed by atoms with Gasteiger partial charge in [0.2, 0.25) is 0 Å². The Bertz CT molecular complexity index is 707. The van der Waals surface area contributed by atoms with E-state index in [1.54, 1.807) is 18.2 Å². The molecule has 0 bridgehead atoms. The van der Waals surface area contributed by atoms with Gasteiger partial charge in [0.15, 0.2) is 5.11 Å². The second-order valence-corrected chi connectivity index (χ2v) is 6.03. The maximum absolute atomic E-state index is 11.9. The fraction of sp³-hybridized carbons (Fsp3) is 0.222. The van der Waals surface area contributed by atoms with Crippen LogP contribution in [0.25, 0.3) is 0 Å². The van der Waals surface area contributed by atoms with Gasteiger partial charge in [0.25, 0.3) is 5.91 Å². The van der Waals surface area contributed by atoms with E-state index in [1.807, 2.05) is 37.3 Å². The third-order valence-corrected chi connectivity index (χ3v) is 3.75. The summed E-state index contributed by atoms with van der Waals surface area (Å²) in [4.78, 5) is 11.9. The van der Waals surface area contributed by atoms with Crippen molar-refractivity contribution in [1.82, 2.24) is 10.6 Å². The van der Waals surface area contributed by atoms with Crippen LogP contribution in [0.3, 0.4) is 0 Å². The quantitative estimate of drug-likeness (QED) is 0.607. The number of carbonyl (C=O) groups excluding carboxylic acids is 1.